The molecule has 35 heavy (non-hydrogen) atoms. The highest BCUT2D eigenvalue weighted by Crippen LogP contribution is 2.36. The normalized spacial score (nSPS) is 11.0. The fourth-order valence-corrected chi connectivity index (χ4v) is 3.05. The van der Waals surface area contributed by atoms with Gasteiger partial charge in [0.2, 0.25) is 0 Å². The summed E-state index contributed by atoms with van der Waals surface area (Å²) < 4.78 is 49.8. The third kappa shape index (κ3) is 7.61. The fraction of sp³-hybridized carbons (Fsp3) is 0.208. The average Bonchev–Trinajstić information content (AvgIpc) is 2.81. The SMILES string of the molecule is CCCCOC(=O)c1cc(Oc2ccc(NC(=O)Nc3ccc(Cl)c(C(F)(F)F)c3)cc2)ccn1. The van der Waals surface area contributed by atoms with E-state index < -0.39 is 28.8 Å². The molecular formula is C24H21ClF3N3O4. The van der Waals surface area contributed by atoms with Crippen LogP contribution in [0.5, 0.6) is 11.5 Å². The van der Waals surface area contributed by atoms with Crippen molar-refractivity contribution in [2.75, 3.05) is 17.2 Å². The lowest BCUT2D eigenvalue weighted by atomic mass is 10.2. The first-order valence-electron chi connectivity index (χ1n) is 10.5. The molecule has 0 fully saturated rings. The van der Waals surface area contributed by atoms with E-state index in [1.165, 1.54) is 18.3 Å². The number of urea groups is 1. The van der Waals surface area contributed by atoms with E-state index in [1.807, 2.05) is 6.92 Å². The lowest BCUT2D eigenvalue weighted by molar-refractivity contribution is -0.137. The summed E-state index contributed by atoms with van der Waals surface area (Å²) in [6, 6.07) is 11.6. The predicted octanol–water partition coefficient (Wildman–Crippen LogP) is 7.15. The Kier molecular flexibility index (Phi) is 8.53. The van der Waals surface area contributed by atoms with Crippen LogP contribution >= 0.6 is 11.6 Å². The van der Waals surface area contributed by atoms with Gasteiger partial charge in [0.25, 0.3) is 0 Å². The molecule has 1 heterocycles. The number of pyridine rings is 1. The number of aromatic nitrogens is 1. The molecule has 0 saturated carbocycles. The second kappa shape index (κ2) is 11.6. The zero-order valence-corrected chi connectivity index (χ0v) is 19.2. The molecule has 2 amide bonds. The summed E-state index contributed by atoms with van der Waals surface area (Å²) in [7, 11) is 0. The Morgan fingerprint density at radius 1 is 0.971 bits per heavy atom. The fourth-order valence-electron chi connectivity index (χ4n) is 2.83. The predicted molar refractivity (Wildman–Crippen MR) is 125 cm³/mol. The Balaban J connectivity index is 1.58. The molecule has 0 aliphatic carbocycles. The Bertz CT molecular complexity index is 1190. The van der Waals surface area contributed by atoms with Crippen molar-refractivity contribution < 1.29 is 32.2 Å². The molecule has 0 unspecified atom stereocenters. The van der Waals surface area contributed by atoms with Crippen molar-refractivity contribution in [2.45, 2.75) is 25.9 Å². The Labute approximate surface area is 204 Å². The minimum atomic E-state index is -4.65. The Morgan fingerprint density at radius 2 is 1.66 bits per heavy atom. The number of hydrogen-bond acceptors (Lipinski definition) is 5. The van der Waals surface area contributed by atoms with Crippen molar-refractivity contribution in [1.29, 1.82) is 0 Å². The molecule has 11 heteroatoms. The molecule has 0 aliphatic rings. The van der Waals surface area contributed by atoms with E-state index in [1.54, 1.807) is 30.3 Å². The summed E-state index contributed by atoms with van der Waals surface area (Å²) in [6.45, 7) is 2.30. The number of ether oxygens (including phenoxy) is 2. The van der Waals surface area contributed by atoms with Gasteiger partial charge in [0.15, 0.2) is 5.69 Å². The molecular weight excluding hydrogens is 487 g/mol. The number of unbranched alkanes of at least 4 members (excludes halogenated alkanes) is 1. The van der Waals surface area contributed by atoms with Gasteiger partial charge in [-0.05, 0) is 55.0 Å². The van der Waals surface area contributed by atoms with Crippen LogP contribution in [0.15, 0.2) is 60.8 Å². The summed E-state index contributed by atoms with van der Waals surface area (Å²) in [5.74, 6) is 0.238. The number of amides is 2. The zero-order valence-electron chi connectivity index (χ0n) is 18.5. The second-order valence-electron chi connectivity index (χ2n) is 7.26. The molecule has 3 aromatic rings. The molecule has 0 saturated heterocycles. The molecule has 2 N–H and O–H groups in total. The van der Waals surface area contributed by atoms with Gasteiger partial charge in [-0.2, -0.15) is 13.2 Å². The number of benzene rings is 2. The molecule has 0 spiro atoms. The van der Waals surface area contributed by atoms with E-state index in [0.29, 0.717) is 23.8 Å². The molecule has 7 nitrogen and oxygen atoms in total. The van der Waals surface area contributed by atoms with Crippen LogP contribution in [0.25, 0.3) is 0 Å². The molecule has 3 rings (SSSR count). The number of esters is 1. The summed E-state index contributed by atoms with van der Waals surface area (Å²) in [5.41, 5.74) is -0.632. The van der Waals surface area contributed by atoms with E-state index >= 15 is 0 Å². The molecule has 0 aliphatic heterocycles. The number of nitrogens with zero attached hydrogens (tertiary/aromatic N) is 1. The van der Waals surface area contributed by atoms with Crippen LogP contribution in [0.4, 0.5) is 29.3 Å². The number of carbonyl (C=O) groups is 2. The molecule has 0 atom stereocenters. The minimum Gasteiger partial charge on any atom is -0.461 e. The molecule has 0 radical (unpaired) electrons. The van der Waals surface area contributed by atoms with Crippen molar-refractivity contribution in [3.05, 3.63) is 77.1 Å². The summed E-state index contributed by atoms with van der Waals surface area (Å²) in [6.07, 6.45) is -1.57. The van der Waals surface area contributed by atoms with E-state index in [9.17, 15) is 22.8 Å². The highest BCUT2D eigenvalue weighted by atomic mass is 35.5. The van der Waals surface area contributed by atoms with E-state index in [2.05, 4.69) is 15.6 Å². The van der Waals surface area contributed by atoms with Gasteiger partial charge in [0.1, 0.15) is 11.5 Å². The molecule has 2 aromatic carbocycles. The maximum Gasteiger partial charge on any atom is 0.417 e. The quantitative estimate of drug-likeness (QED) is 0.250. The molecule has 1 aromatic heterocycles. The van der Waals surface area contributed by atoms with Crippen LogP contribution in [-0.2, 0) is 10.9 Å². The maximum absolute atomic E-state index is 13.0. The Morgan fingerprint density at radius 3 is 2.34 bits per heavy atom. The van der Waals surface area contributed by atoms with Crippen LogP contribution in [0.2, 0.25) is 5.02 Å². The lowest BCUT2D eigenvalue weighted by Crippen LogP contribution is -2.19. The number of anilines is 2. The number of rotatable bonds is 8. The van der Waals surface area contributed by atoms with Crippen molar-refractivity contribution in [3.63, 3.8) is 0 Å². The highest BCUT2D eigenvalue weighted by molar-refractivity contribution is 6.31. The lowest BCUT2D eigenvalue weighted by Gasteiger charge is -2.12. The maximum atomic E-state index is 13.0. The number of carbonyl (C=O) groups excluding carboxylic acids is 2. The van der Waals surface area contributed by atoms with Crippen LogP contribution in [0.1, 0.15) is 35.8 Å². The summed E-state index contributed by atoms with van der Waals surface area (Å²) in [5, 5.41) is 4.38. The van der Waals surface area contributed by atoms with Gasteiger partial charge in [-0.3, -0.25) is 0 Å². The molecule has 0 bridgehead atoms. The number of halogens is 4. The van der Waals surface area contributed by atoms with Crippen LogP contribution in [0.3, 0.4) is 0 Å². The van der Waals surface area contributed by atoms with Gasteiger partial charge in [0, 0.05) is 23.6 Å². The van der Waals surface area contributed by atoms with E-state index in [4.69, 9.17) is 21.1 Å². The van der Waals surface area contributed by atoms with Crippen molar-refractivity contribution in [2.24, 2.45) is 0 Å². The smallest absolute Gasteiger partial charge is 0.417 e. The van der Waals surface area contributed by atoms with Gasteiger partial charge in [-0.15, -0.1) is 0 Å². The van der Waals surface area contributed by atoms with Gasteiger partial charge in [-0.25, -0.2) is 14.6 Å². The van der Waals surface area contributed by atoms with E-state index in [-0.39, 0.29) is 11.4 Å². The standard InChI is InChI=1S/C24H21ClF3N3O4/c1-2-3-12-34-22(32)21-14-18(10-11-29-21)35-17-7-4-15(5-8-17)30-23(33)31-16-6-9-20(25)19(13-16)24(26,27)28/h4-11,13-14H,2-3,12H2,1H3,(H2,30,31,33). The number of alkyl halides is 3. The van der Waals surface area contributed by atoms with Crippen LogP contribution in [0, 0.1) is 0 Å². The first-order chi connectivity index (χ1) is 16.7. The van der Waals surface area contributed by atoms with Crippen molar-refractivity contribution in [3.8, 4) is 11.5 Å². The van der Waals surface area contributed by atoms with Gasteiger partial charge >= 0.3 is 18.2 Å². The largest absolute Gasteiger partial charge is 0.461 e. The van der Waals surface area contributed by atoms with Crippen molar-refractivity contribution >= 4 is 35.0 Å². The van der Waals surface area contributed by atoms with Crippen LogP contribution in [-0.4, -0.2) is 23.6 Å². The first kappa shape index (κ1) is 25.8. The van der Waals surface area contributed by atoms with Crippen molar-refractivity contribution in [1.82, 2.24) is 4.98 Å². The van der Waals surface area contributed by atoms with Gasteiger partial charge < -0.3 is 20.1 Å². The minimum absolute atomic E-state index is 0.0686. The third-order valence-corrected chi connectivity index (χ3v) is 4.88. The molecule has 184 valence electrons. The summed E-state index contributed by atoms with van der Waals surface area (Å²) in [4.78, 5) is 28.2. The van der Waals surface area contributed by atoms with Gasteiger partial charge in [-0.1, -0.05) is 24.9 Å². The highest BCUT2D eigenvalue weighted by Gasteiger charge is 2.33. The zero-order chi connectivity index (χ0) is 25.4. The summed E-state index contributed by atoms with van der Waals surface area (Å²) >= 11 is 5.58. The first-order valence-corrected chi connectivity index (χ1v) is 10.9. The second-order valence-corrected chi connectivity index (χ2v) is 7.67. The Hall–Kier alpha value is -3.79. The third-order valence-electron chi connectivity index (χ3n) is 4.55. The van der Waals surface area contributed by atoms with Gasteiger partial charge in [0.05, 0.1) is 17.2 Å². The number of nitrogens with one attached hydrogen (secondary N) is 2. The number of hydrogen-bond donors (Lipinski definition) is 2. The topological polar surface area (TPSA) is 89.5 Å². The monoisotopic (exact) mass is 507 g/mol. The van der Waals surface area contributed by atoms with Crippen LogP contribution < -0.4 is 15.4 Å². The van der Waals surface area contributed by atoms with E-state index in [0.717, 1.165) is 25.0 Å². The average molecular weight is 508 g/mol.